The molecule has 0 bridgehead atoms. The Labute approximate surface area is 125 Å². The van der Waals surface area contributed by atoms with Gasteiger partial charge in [-0.2, -0.15) is 0 Å². The van der Waals surface area contributed by atoms with Crippen LogP contribution >= 0.6 is 15.9 Å². The molecule has 1 aromatic carbocycles. The van der Waals surface area contributed by atoms with Crippen molar-refractivity contribution in [2.24, 2.45) is 0 Å². The van der Waals surface area contributed by atoms with Gasteiger partial charge in [0, 0.05) is 10.5 Å². The zero-order valence-corrected chi connectivity index (χ0v) is 13.8. The molecule has 106 valence electrons. The van der Waals surface area contributed by atoms with Crippen molar-refractivity contribution in [2.45, 2.75) is 38.0 Å². The quantitative estimate of drug-likeness (QED) is 0.792. The van der Waals surface area contributed by atoms with E-state index in [2.05, 4.69) is 27.2 Å². The standard InChI is InChI=1S/C14H19BrFNOS/c1-5-6-13(17-19(18)14(2,3)4)11-8-7-10(16)9-12(11)15/h5,7-9,13,17H,1,6H2,2-4H3/t13-,19+/m1/s1. The third kappa shape index (κ3) is 4.82. The third-order valence-corrected chi connectivity index (χ3v) is 4.84. The summed E-state index contributed by atoms with van der Waals surface area (Å²) >= 11 is 3.34. The predicted molar refractivity (Wildman–Crippen MR) is 82.7 cm³/mol. The molecule has 1 N–H and O–H groups in total. The van der Waals surface area contributed by atoms with Gasteiger partial charge in [0.1, 0.15) is 5.82 Å². The fourth-order valence-corrected chi connectivity index (χ4v) is 2.96. The van der Waals surface area contributed by atoms with Gasteiger partial charge in [-0.15, -0.1) is 6.58 Å². The minimum absolute atomic E-state index is 0.160. The molecule has 2 atom stereocenters. The molecule has 0 saturated carbocycles. The highest BCUT2D eigenvalue weighted by atomic mass is 79.9. The summed E-state index contributed by atoms with van der Waals surface area (Å²) in [7, 11) is -1.20. The summed E-state index contributed by atoms with van der Waals surface area (Å²) in [5.41, 5.74) is 0.874. The fourth-order valence-electron chi connectivity index (χ4n) is 1.50. The van der Waals surface area contributed by atoms with Gasteiger partial charge in [-0.25, -0.2) is 13.3 Å². The molecule has 0 radical (unpaired) electrons. The molecule has 2 nitrogen and oxygen atoms in total. The molecule has 0 aromatic heterocycles. The van der Waals surface area contributed by atoms with Gasteiger partial charge in [0.05, 0.1) is 15.7 Å². The molecule has 1 aromatic rings. The van der Waals surface area contributed by atoms with Crippen LogP contribution in [0.5, 0.6) is 0 Å². The van der Waals surface area contributed by atoms with Gasteiger partial charge >= 0.3 is 0 Å². The van der Waals surface area contributed by atoms with E-state index in [1.807, 2.05) is 20.8 Å². The van der Waals surface area contributed by atoms with Crippen LogP contribution in [0, 0.1) is 5.82 Å². The fraction of sp³-hybridized carbons (Fsp3) is 0.429. The van der Waals surface area contributed by atoms with Crippen molar-refractivity contribution in [2.75, 3.05) is 0 Å². The normalized spacial score (nSPS) is 15.0. The lowest BCUT2D eigenvalue weighted by atomic mass is 10.1. The summed E-state index contributed by atoms with van der Waals surface area (Å²) in [6.07, 6.45) is 2.37. The Bertz CT molecular complexity index is 485. The average molecular weight is 348 g/mol. The molecule has 19 heavy (non-hydrogen) atoms. The van der Waals surface area contributed by atoms with Crippen molar-refractivity contribution >= 4 is 26.9 Å². The largest absolute Gasteiger partial charge is 0.242 e. The number of hydrogen-bond donors (Lipinski definition) is 1. The van der Waals surface area contributed by atoms with Crippen LogP contribution in [0.4, 0.5) is 4.39 Å². The smallest absolute Gasteiger partial charge is 0.124 e. The number of benzene rings is 1. The monoisotopic (exact) mass is 347 g/mol. The van der Waals surface area contributed by atoms with Gasteiger partial charge in [0.2, 0.25) is 0 Å². The van der Waals surface area contributed by atoms with Gasteiger partial charge < -0.3 is 0 Å². The van der Waals surface area contributed by atoms with Crippen molar-refractivity contribution in [1.29, 1.82) is 0 Å². The van der Waals surface area contributed by atoms with Crippen molar-refractivity contribution in [3.05, 3.63) is 46.7 Å². The molecule has 0 unspecified atom stereocenters. The van der Waals surface area contributed by atoms with Crippen LogP contribution in [0.2, 0.25) is 0 Å². The highest BCUT2D eigenvalue weighted by molar-refractivity contribution is 9.10. The first kappa shape index (κ1) is 16.5. The first-order chi connectivity index (χ1) is 8.75. The Balaban J connectivity index is 3.00. The maximum Gasteiger partial charge on any atom is 0.124 e. The lowest BCUT2D eigenvalue weighted by molar-refractivity contribution is 0.596. The Kier molecular flexibility index (Phi) is 5.89. The summed E-state index contributed by atoms with van der Waals surface area (Å²) < 4.78 is 28.7. The van der Waals surface area contributed by atoms with Gasteiger partial charge in [-0.1, -0.05) is 28.1 Å². The minimum atomic E-state index is -1.20. The molecular formula is C14H19BrFNOS. The van der Waals surface area contributed by atoms with Crippen LogP contribution in [0.25, 0.3) is 0 Å². The highest BCUT2D eigenvalue weighted by Gasteiger charge is 2.24. The number of rotatable bonds is 5. The van der Waals surface area contributed by atoms with E-state index in [1.54, 1.807) is 12.1 Å². The molecule has 0 heterocycles. The lowest BCUT2D eigenvalue weighted by Crippen LogP contribution is -2.35. The second-order valence-electron chi connectivity index (χ2n) is 5.24. The van der Waals surface area contributed by atoms with E-state index in [0.717, 1.165) is 5.56 Å². The number of nitrogens with one attached hydrogen (secondary N) is 1. The summed E-state index contributed by atoms with van der Waals surface area (Å²) in [5.74, 6) is -0.301. The average Bonchev–Trinajstić information content (AvgIpc) is 2.27. The third-order valence-electron chi connectivity index (χ3n) is 2.55. The van der Waals surface area contributed by atoms with E-state index in [9.17, 15) is 8.60 Å². The van der Waals surface area contributed by atoms with Gasteiger partial charge in [0.25, 0.3) is 0 Å². The molecule has 0 saturated heterocycles. The van der Waals surface area contributed by atoms with Crippen LogP contribution in [0.15, 0.2) is 35.3 Å². The second kappa shape index (κ2) is 6.77. The lowest BCUT2D eigenvalue weighted by Gasteiger charge is -2.24. The van der Waals surface area contributed by atoms with Crippen LogP contribution < -0.4 is 4.72 Å². The predicted octanol–water partition coefficient (Wildman–Crippen LogP) is 4.26. The van der Waals surface area contributed by atoms with E-state index in [-0.39, 0.29) is 16.6 Å². The van der Waals surface area contributed by atoms with E-state index < -0.39 is 11.0 Å². The van der Waals surface area contributed by atoms with E-state index in [0.29, 0.717) is 10.9 Å². The van der Waals surface area contributed by atoms with E-state index in [4.69, 9.17) is 0 Å². The number of hydrogen-bond acceptors (Lipinski definition) is 1. The topological polar surface area (TPSA) is 29.1 Å². The molecule has 0 aliphatic carbocycles. The van der Waals surface area contributed by atoms with Crippen molar-refractivity contribution in [3.8, 4) is 0 Å². The molecule has 0 fully saturated rings. The summed E-state index contributed by atoms with van der Waals surface area (Å²) in [4.78, 5) is 0. The second-order valence-corrected chi connectivity index (χ2v) is 8.09. The van der Waals surface area contributed by atoms with Crippen LogP contribution in [-0.4, -0.2) is 8.96 Å². The zero-order valence-electron chi connectivity index (χ0n) is 11.4. The molecule has 5 heteroatoms. The van der Waals surface area contributed by atoms with Crippen LogP contribution in [0.1, 0.15) is 38.8 Å². The Morgan fingerprint density at radius 2 is 2.16 bits per heavy atom. The first-order valence-electron chi connectivity index (χ1n) is 5.99. The Hall–Kier alpha value is -0.520. The molecule has 0 aliphatic heterocycles. The van der Waals surface area contributed by atoms with Crippen LogP contribution in [0.3, 0.4) is 0 Å². The first-order valence-corrected chi connectivity index (χ1v) is 7.94. The SMILES string of the molecule is C=CC[C@@H](N[S@@](=O)C(C)(C)C)c1ccc(F)cc1Br. The zero-order chi connectivity index (χ0) is 14.6. The summed E-state index contributed by atoms with van der Waals surface area (Å²) in [5, 5.41) is 0. The maximum absolute atomic E-state index is 13.1. The Morgan fingerprint density at radius 1 is 1.53 bits per heavy atom. The van der Waals surface area contributed by atoms with Crippen LogP contribution in [-0.2, 0) is 11.0 Å². The number of halogens is 2. The van der Waals surface area contributed by atoms with E-state index in [1.165, 1.54) is 12.1 Å². The molecule has 0 aliphatic rings. The Morgan fingerprint density at radius 3 is 2.63 bits per heavy atom. The van der Waals surface area contributed by atoms with Gasteiger partial charge in [-0.05, 0) is 44.9 Å². The molecule has 0 amide bonds. The van der Waals surface area contributed by atoms with Crippen molar-refractivity contribution in [1.82, 2.24) is 4.72 Å². The summed E-state index contributed by atoms with van der Waals surface area (Å²) in [6.45, 7) is 9.43. The summed E-state index contributed by atoms with van der Waals surface area (Å²) in [6, 6.07) is 4.35. The highest BCUT2D eigenvalue weighted by Crippen LogP contribution is 2.28. The van der Waals surface area contributed by atoms with Gasteiger partial charge in [-0.3, -0.25) is 0 Å². The molecular weight excluding hydrogens is 329 g/mol. The maximum atomic E-state index is 13.1. The minimum Gasteiger partial charge on any atom is -0.242 e. The molecule has 0 spiro atoms. The molecule has 1 rings (SSSR count). The van der Waals surface area contributed by atoms with Gasteiger partial charge in [0.15, 0.2) is 0 Å². The van der Waals surface area contributed by atoms with E-state index >= 15 is 0 Å². The van der Waals surface area contributed by atoms with Crippen molar-refractivity contribution in [3.63, 3.8) is 0 Å². The van der Waals surface area contributed by atoms with Crippen molar-refractivity contribution < 1.29 is 8.60 Å².